The van der Waals surface area contributed by atoms with E-state index in [0.717, 1.165) is 92.4 Å². The number of thiocarbonyl (C=S) groups is 1. The lowest BCUT2D eigenvalue weighted by Crippen LogP contribution is -2.51. The summed E-state index contributed by atoms with van der Waals surface area (Å²) in [6.45, 7) is 40.0. The number of carboxylic acid groups (broad SMARTS) is 3. The van der Waals surface area contributed by atoms with Crippen LogP contribution in [0.3, 0.4) is 0 Å². The van der Waals surface area contributed by atoms with E-state index in [9.17, 15) is 45.0 Å². The summed E-state index contributed by atoms with van der Waals surface area (Å²) < 4.78 is 7.44. The van der Waals surface area contributed by atoms with Crippen LogP contribution in [0.15, 0.2) is 36.4 Å². The topological polar surface area (TPSA) is 182 Å². The SMILES string of the molecule is CCCCCCCCCCCCCCCC(c1c(C(C)(C)C)cc(CCC(=O)O)cc1C(C)(C)C)C(C(=S)OCC(CO)(CO)CO)(c1c(C(C)(C)C)cc(CCC(=O)O)cc1C(C)(C)C)c1c(C(C)(C)C)cc(CCC(=O)O)cc1C(C)(C)C. The van der Waals surface area contributed by atoms with Gasteiger partial charge in [-0.2, -0.15) is 0 Å². The quantitative estimate of drug-likeness (QED) is 0.0252. The monoisotopic (exact) mass is 1200 g/mol. The molecular weight excluding hydrogens is 1080 g/mol. The number of carboxylic acids is 3. The van der Waals surface area contributed by atoms with E-state index in [2.05, 4.69) is 168 Å². The molecule has 0 saturated heterocycles. The van der Waals surface area contributed by atoms with Crippen LogP contribution in [-0.2, 0) is 76.3 Å². The Morgan fingerprint density at radius 1 is 0.424 bits per heavy atom. The number of hydrogen-bond donors (Lipinski definition) is 6. The van der Waals surface area contributed by atoms with E-state index in [0.29, 0.717) is 12.8 Å². The van der Waals surface area contributed by atoms with Crippen LogP contribution in [-0.4, -0.2) is 80.0 Å². The van der Waals surface area contributed by atoms with Gasteiger partial charge >= 0.3 is 17.9 Å². The molecule has 0 aliphatic carbocycles. The van der Waals surface area contributed by atoms with Crippen molar-refractivity contribution in [3.8, 4) is 0 Å². The number of aliphatic hydroxyl groups excluding tert-OH is 3. The molecule has 0 radical (unpaired) electrons. The highest BCUT2D eigenvalue weighted by Crippen LogP contribution is 2.60. The molecule has 0 amide bonds. The fraction of sp³-hybridized carbons (Fsp3) is 0.703. The van der Waals surface area contributed by atoms with E-state index in [1.807, 2.05) is 0 Å². The van der Waals surface area contributed by atoms with Gasteiger partial charge in [-0.05, 0) is 137 Å². The Kier molecular flexibility index (Phi) is 27.7. The molecule has 6 N–H and O–H groups in total. The first-order valence-corrected chi connectivity index (χ1v) is 32.8. The summed E-state index contributed by atoms with van der Waals surface area (Å²) in [5.41, 5.74) is 5.00. The predicted octanol–water partition coefficient (Wildman–Crippen LogP) is 17.4. The summed E-state index contributed by atoms with van der Waals surface area (Å²) in [5, 5.41) is 64.3. The Balaban J connectivity index is 3.08. The number of benzene rings is 3. The Hall–Kier alpha value is -4.16. The van der Waals surface area contributed by atoms with Crippen molar-refractivity contribution in [3.05, 3.63) is 103 Å². The van der Waals surface area contributed by atoms with E-state index in [-0.39, 0.29) is 43.8 Å². The highest BCUT2D eigenvalue weighted by Gasteiger charge is 2.57. The van der Waals surface area contributed by atoms with Crippen molar-refractivity contribution in [1.29, 1.82) is 0 Å². The largest absolute Gasteiger partial charge is 0.485 e. The smallest absolute Gasteiger partial charge is 0.303 e. The maximum absolute atomic E-state index is 12.5. The molecule has 0 heterocycles. The van der Waals surface area contributed by atoms with Gasteiger partial charge in [0.1, 0.15) is 6.61 Å². The number of rotatable bonds is 33. The zero-order chi connectivity index (χ0) is 64.7. The number of aliphatic hydroxyl groups is 3. The van der Waals surface area contributed by atoms with Gasteiger partial charge in [0.2, 0.25) is 0 Å². The molecule has 0 aliphatic heterocycles. The highest BCUT2D eigenvalue weighted by molar-refractivity contribution is 7.80. The third-order valence-corrected chi connectivity index (χ3v) is 17.9. The van der Waals surface area contributed by atoms with E-state index >= 15 is 0 Å². The van der Waals surface area contributed by atoms with E-state index < -0.39 is 87.0 Å². The van der Waals surface area contributed by atoms with Crippen LogP contribution in [0.4, 0.5) is 0 Å². The Morgan fingerprint density at radius 3 is 0.929 bits per heavy atom. The van der Waals surface area contributed by atoms with Crippen molar-refractivity contribution in [1.82, 2.24) is 0 Å². The molecule has 0 aromatic heterocycles. The molecular formula is C74H118O10S. The Labute approximate surface area is 521 Å². The molecule has 10 nitrogen and oxygen atoms in total. The van der Waals surface area contributed by atoms with Gasteiger partial charge in [-0.15, -0.1) is 0 Å². The molecule has 3 rings (SSSR count). The van der Waals surface area contributed by atoms with Crippen molar-refractivity contribution in [2.45, 2.75) is 304 Å². The van der Waals surface area contributed by atoms with E-state index in [1.165, 1.54) is 57.8 Å². The standard InChI is InChI=1S/C74H118O10S/c1-20-21-22-23-24-25-26-27-28-29-30-31-32-33-53(63-54(67(2,3)4)40-50(34-37-60(78)79)41-55(63)68(5,6)7)74(66(85)84-49-73(46-75,47-76)48-77,64-56(69(8,9)10)42-51(35-38-61(80)81)43-57(64)70(11,12)13)65-58(71(14,15)16)44-52(36-39-62(82)83)45-59(65)72(17,18)19/h40-45,53,75-77H,20-39,46-49H2,1-19H3,(H,78,79)(H,80,81)(H,82,83). The normalized spacial score (nSPS) is 13.5. The fourth-order valence-electron chi connectivity index (χ4n) is 12.5. The van der Waals surface area contributed by atoms with Gasteiger partial charge in [0.25, 0.3) is 0 Å². The molecule has 85 heavy (non-hydrogen) atoms. The number of carbonyl (C=O) groups is 3. The molecule has 0 bridgehead atoms. The lowest BCUT2D eigenvalue weighted by Gasteiger charge is -2.52. The van der Waals surface area contributed by atoms with Crippen LogP contribution in [0.1, 0.15) is 313 Å². The minimum absolute atomic E-state index is 0.0463. The molecule has 3 aromatic carbocycles. The second kappa shape index (κ2) is 31.3. The first kappa shape index (κ1) is 75.1. The molecule has 480 valence electrons. The lowest BCUT2D eigenvalue weighted by atomic mass is 9.52. The summed E-state index contributed by atoms with van der Waals surface area (Å²) >= 11 is 7.39. The number of aliphatic carboxylic acids is 3. The van der Waals surface area contributed by atoms with Gasteiger partial charge in [-0.1, -0.05) is 251 Å². The predicted molar refractivity (Wildman–Crippen MR) is 355 cm³/mol. The second-order valence-corrected chi connectivity index (χ2v) is 31.7. The van der Waals surface area contributed by atoms with Crippen LogP contribution in [0.25, 0.3) is 0 Å². The molecule has 0 aliphatic rings. The molecule has 0 saturated carbocycles. The number of ether oxygens (including phenoxy) is 1. The van der Waals surface area contributed by atoms with Crippen molar-refractivity contribution in [2.75, 3.05) is 26.4 Å². The Bertz CT molecular complexity index is 2460. The number of hydrogen-bond acceptors (Lipinski definition) is 8. The number of aryl methyl sites for hydroxylation is 3. The summed E-state index contributed by atoms with van der Waals surface area (Å²) in [7, 11) is 0. The molecule has 1 atom stereocenters. The van der Waals surface area contributed by atoms with Gasteiger partial charge < -0.3 is 35.4 Å². The van der Waals surface area contributed by atoms with Crippen LogP contribution in [0.2, 0.25) is 0 Å². The minimum atomic E-state index is -1.50. The second-order valence-electron chi connectivity index (χ2n) is 31.4. The summed E-state index contributed by atoms with van der Waals surface area (Å²) in [6, 6.07) is 13.3. The first-order valence-electron chi connectivity index (χ1n) is 32.4. The highest BCUT2D eigenvalue weighted by atomic mass is 32.1. The summed E-state index contributed by atoms with van der Waals surface area (Å²) in [4.78, 5) is 37.5. The fourth-order valence-corrected chi connectivity index (χ4v) is 12.9. The first-order chi connectivity index (χ1) is 39.2. The number of unbranched alkanes of at least 4 members (excludes halogenated alkanes) is 12. The summed E-state index contributed by atoms with van der Waals surface area (Å²) in [5.74, 6) is -3.23. The van der Waals surface area contributed by atoms with Crippen molar-refractivity contribution >= 4 is 35.2 Å². The van der Waals surface area contributed by atoms with Crippen LogP contribution >= 0.6 is 12.2 Å². The third kappa shape index (κ3) is 20.7. The average Bonchev–Trinajstić information content (AvgIpc) is 0.708. The summed E-state index contributed by atoms with van der Waals surface area (Å²) in [6.07, 6.45) is 16.5. The maximum atomic E-state index is 12.5. The Morgan fingerprint density at radius 2 is 0.682 bits per heavy atom. The van der Waals surface area contributed by atoms with Gasteiger partial charge in [-0.3, -0.25) is 14.4 Å². The van der Waals surface area contributed by atoms with Crippen molar-refractivity contribution in [2.24, 2.45) is 5.41 Å². The van der Waals surface area contributed by atoms with E-state index in [1.54, 1.807) is 0 Å². The molecule has 3 aromatic rings. The van der Waals surface area contributed by atoms with Gasteiger partial charge in [0.05, 0.1) is 30.7 Å². The lowest BCUT2D eigenvalue weighted by molar-refractivity contribution is -0.138. The van der Waals surface area contributed by atoms with Crippen LogP contribution in [0.5, 0.6) is 0 Å². The molecule has 11 heteroatoms. The van der Waals surface area contributed by atoms with E-state index in [4.69, 9.17) is 17.0 Å². The minimum Gasteiger partial charge on any atom is -0.485 e. The van der Waals surface area contributed by atoms with Crippen molar-refractivity contribution < 1.29 is 49.8 Å². The molecule has 0 spiro atoms. The van der Waals surface area contributed by atoms with Gasteiger partial charge in [-0.25, -0.2) is 0 Å². The van der Waals surface area contributed by atoms with Crippen molar-refractivity contribution in [3.63, 3.8) is 0 Å². The van der Waals surface area contributed by atoms with Gasteiger partial charge in [0, 0.05) is 25.2 Å². The molecule has 1 unspecified atom stereocenters. The zero-order valence-corrected chi connectivity index (χ0v) is 57.6. The zero-order valence-electron chi connectivity index (χ0n) is 56.7. The van der Waals surface area contributed by atoms with Crippen LogP contribution < -0.4 is 0 Å². The third-order valence-electron chi connectivity index (χ3n) is 17.5. The maximum Gasteiger partial charge on any atom is 0.303 e. The van der Waals surface area contributed by atoms with Crippen LogP contribution in [0, 0.1) is 5.41 Å². The van der Waals surface area contributed by atoms with Gasteiger partial charge in [0.15, 0.2) is 5.05 Å². The average molecular weight is 1200 g/mol. The molecule has 0 fully saturated rings.